The van der Waals surface area contributed by atoms with Crippen LogP contribution in [0.4, 0.5) is 10.2 Å². The summed E-state index contributed by atoms with van der Waals surface area (Å²) in [6, 6.07) is 9.88. The summed E-state index contributed by atoms with van der Waals surface area (Å²) in [5.74, 6) is 6.06. The van der Waals surface area contributed by atoms with Gasteiger partial charge in [-0.1, -0.05) is 11.8 Å². The van der Waals surface area contributed by atoms with Crippen molar-refractivity contribution in [1.82, 2.24) is 4.98 Å². The van der Waals surface area contributed by atoms with Crippen LogP contribution in [0.5, 0.6) is 5.75 Å². The summed E-state index contributed by atoms with van der Waals surface area (Å²) in [6.07, 6.45) is 3.25. The molecule has 3 aromatic rings. The molecular weight excluding hydrogens is 295 g/mol. The summed E-state index contributed by atoms with van der Waals surface area (Å²) in [5, 5.41) is 13.0. The number of hydrogen-bond donors (Lipinski definition) is 2. The lowest BCUT2D eigenvalue weighted by Gasteiger charge is -1.98. The molecule has 0 bridgehead atoms. The van der Waals surface area contributed by atoms with Crippen LogP contribution in [0, 0.1) is 17.8 Å². The highest BCUT2D eigenvalue weighted by molar-refractivity contribution is 5.81. The Morgan fingerprint density at radius 1 is 1.26 bits per heavy atom. The lowest BCUT2D eigenvalue weighted by Crippen LogP contribution is -1.96. The number of fused-ring (bicyclic) bond motifs is 1. The standard InChI is InChI=1S/C18H13FN2O2/c1-20-17-9-6-12(18(19)21-17)4-2-3-5-15-11-13-10-14(22)7-8-16(13)23-15/h3,5-11,22H,1H3,(H,20,21). The van der Waals surface area contributed by atoms with E-state index in [-0.39, 0.29) is 11.3 Å². The second kappa shape index (κ2) is 6.24. The summed E-state index contributed by atoms with van der Waals surface area (Å²) in [6.45, 7) is 0. The molecule has 0 saturated heterocycles. The van der Waals surface area contributed by atoms with Crippen molar-refractivity contribution >= 4 is 22.9 Å². The van der Waals surface area contributed by atoms with Gasteiger partial charge in [-0.15, -0.1) is 0 Å². The van der Waals surface area contributed by atoms with Crippen molar-refractivity contribution in [2.75, 3.05) is 12.4 Å². The number of anilines is 1. The molecule has 5 heteroatoms. The Morgan fingerprint density at radius 2 is 2.13 bits per heavy atom. The van der Waals surface area contributed by atoms with Gasteiger partial charge in [-0.25, -0.2) is 4.98 Å². The minimum Gasteiger partial charge on any atom is -0.508 e. The first-order chi connectivity index (χ1) is 11.2. The normalized spacial score (nSPS) is 10.7. The molecule has 4 nitrogen and oxygen atoms in total. The van der Waals surface area contributed by atoms with E-state index in [0.29, 0.717) is 17.2 Å². The number of phenols is 1. The average molecular weight is 308 g/mol. The zero-order chi connectivity index (χ0) is 16.2. The first-order valence-corrected chi connectivity index (χ1v) is 6.90. The van der Waals surface area contributed by atoms with E-state index in [1.165, 1.54) is 0 Å². The highest BCUT2D eigenvalue weighted by Crippen LogP contribution is 2.24. The van der Waals surface area contributed by atoms with Crippen molar-refractivity contribution in [1.29, 1.82) is 0 Å². The van der Waals surface area contributed by atoms with Gasteiger partial charge < -0.3 is 14.8 Å². The number of rotatable bonds is 2. The summed E-state index contributed by atoms with van der Waals surface area (Å²) >= 11 is 0. The fourth-order valence-corrected chi connectivity index (χ4v) is 2.04. The second-order valence-electron chi connectivity index (χ2n) is 4.76. The molecule has 0 spiro atoms. The quantitative estimate of drug-likeness (QED) is 0.559. The molecule has 2 heterocycles. The Balaban J connectivity index is 1.78. The number of phenolic OH excluding ortho intramolecular Hbond substituents is 1. The van der Waals surface area contributed by atoms with Gasteiger partial charge in [-0.3, -0.25) is 0 Å². The van der Waals surface area contributed by atoms with E-state index in [1.807, 2.05) is 0 Å². The summed E-state index contributed by atoms with van der Waals surface area (Å²) < 4.78 is 19.2. The number of furan rings is 1. The average Bonchev–Trinajstić information content (AvgIpc) is 2.94. The predicted molar refractivity (Wildman–Crippen MR) is 87.5 cm³/mol. The molecule has 0 aliphatic heterocycles. The SMILES string of the molecule is CNc1ccc(C#CC=Cc2cc3cc(O)ccc3o2)c(F)n1. The molecule has 23 heavy (non-hydrogen) atoms. The largest absolute Gasteiger partial charge is 0.508 e. The van der Waals surface area contributed by atoms with E-state index in [1.54, 1.807) is 55.6 Å². The van der Waals surface area contributed by atoms with Gasteiger partial charge in [-0.2, -0.15) is 4.39 Å². The van der Waals surface area contributed by atoms with Crippen LogP contribution in [-0.4, -0.2) is 17.1 Å². The number of allylic oxidation sites excluding steroid dienone is 1. The molecule has 0 aliphatic rings. The zero-order valence-electron chi connectivity index (χ0n) is 12.3. The Labute approximate surface area is 132 Å². The highest BCUT2D eigenvalue weighted by Gasteiger charge is 2.02. The van der Waals surface area contributed by atoms with E-state index < -0.39 is 5.95 Å². The maximum atomic E-state index is 13.6. The Morgan fingerprint density at radius 3 is 2.91 bits per heavy atom. The number of pyridine rings is 1. The van der Waals surface area contributed by atoms with E-state index in [2.05, 4.69) is 22.1 Å². The molecule has 0 atom stereocenters. The van der Waals surface area contributed by atoms with Crippen molar-refractivity contribution in [2.24, 2.45) is 0 Å². The van der Waals surface area contributed by atoms with Crippen LogP contribution >= 0.6 is 0 Å². The number of nitrogens with one attached hydrogen (secondary N) is 1. The van der Waals surface area contributed by atoms with Crippen molar-refractivity contribution < 1.29 is 13.9 Å². The smallest absolute Gasteiger partial charge is 0.230 e. The second-order valence-corrected chi connectivity index (χ2v) is 4.76. The van der Waals surface area contributed by atoms with Gasteiger partial charge in [0.15, 0.2) is 0 Å². The topological polar surface area (TPSA) is 58.3 Å². The van der Waals surface area contributed by atoms with Crippen molar-refractivity contribution in [3.63, 3.8) is 0 Å². The highest BCUT2D eigenvalue weighted by atomic mass is 19.1. The van der Waals surface area contributed by atoms with Gasteiger partial charge in [0.2, 0.25) is 5.95 Å². The maximum Gasteiger partial charge on any atom is 0.230 e. The van der Waals surface area contributed by atoms with E-state index in [0.717, 1.165) is 5.39 Å². The third-order valence-corrected chi connectivity index (χ3v) is 3.16. The molecule has 3 rings (SSSR count). The fourth-order valence-electron chi connectivity index (χ4n) is 2.04. The van der Waals surface area contributed by atoms with E-state index in [9.17, 15) is 9.50 Å². The fraction of sp³-hybridized carbons (Fsp3) is 0.0556. The lowest BCUT2D eigenvalue weighted by molar-refractivity contribution is 0.476. The third-order valence-electron chi connectivity index (χ3n) is 3.16. The van der Waals surface area contributed by atoms with Crippen molar-refractivity contribution in [2.45, 2.75) is 0 Å². The van der Waals surface area contributed by atoms with Crippen LogP contribution in [0.2, 0.25) is 0 Å². The number of aromatic nitrogens is 1. The van der Waals surface area contributed by atoms with Crippen LogP contribution in [0.15, 0.2) is 46.9 Å². The molecule has 2 aromatic heterocycles. The number of benzene rings is 1. The molecule has 1 aromatic carbocycles. The van der Waals surface area contributed by atoms with Crippen molar-refractivity contribution in [3.05, 3.63) is 59.7 Å². The molecule has 0 radical (unpaired) electrons. The first-order valence-electron chi connectivity index (χ1n) is 6.90. The Kier molecular flexibility index (Phi) is 3.98. The molecular formula is C18H13FN2O2. The molecule has 0 unspecified atom stereocenters. The maximum absolute atomic E-state index is 13.6. The van der Waals surface area contributed by atoms with Gasteiger partial charge in [0.05, 0.1) is 5.56 Å². The number of halogens is 1. The Hall–Kier alpha value is -3.26. The number of nitrogens with zero attached hydrogens (tertiary/aromatic N) is 1. The lowest BCUT2D eigenvalue weighted by atomic mass is 10.2. The monoisotopic (exact) mass is 308 g/mol. The molecule has 0 fully saturated rings. The third kappa shape index (κ3) is 3.33. The van der Waals surface area contributed by atoms with Crippen LogP contribution in [-0.2, 0) is 0 Å². The predicted octanol–water partition coefficient (Wildman–Crippen LogP) is 3.78. The van der Waals surface area contributed by atoms with Gasteiger partial charge in [0.1, 0.15) is 22.9 Å². The first kappa shape index (κ1) is 14.7. The van der Waals surface area contributed by atoms with Gasteiger partial charge >= 0.3 is 0 Å². The van der Waals surface area contributed by atoms with Gasteiger partial charge in [-0.05, 0) is 48.6 Å². The van der Waals surface area contributed by atoms with Crippen LogP contribution in [0.25, 0.3) is 17.0 Å². The van der Waals surface area contributed by atoms with Gasteiger partial charge in [0, 0.05) is 12.4 Å². The van der Waals surface area contributed by atoms with Gasteiger partial charge in [0.25, 0.3) is 0 Å². The zero-order valence-corrected chi connectivity index (χ0v) is 12.3. The molecule has 0 amide bonds. The summed E-state index contributed by atoms with van der Waals surface area (Å²) in [5.41, 5.74) is 0.900. The van der Waals surface area contributed by atoms with Crippen molar-refractivity contribution in [3.8, 4) is 17.6 Å². The van der Waals surface area contributed by atoms with E-state index in [4.69, 9.17) is 4.42 Å². The minimum atomic E-state index is -0.614. The number of aromatic hydroxyl groups is 1. The molecule has 0 saturated carbocycles. The van der Waals surface area contributed by atoms with Crippen LogP contribution < -0.4 is 5.32 Å². The van der Waals surface area contributed by atoms with Crippen LogP contribution in [0.1, 0.15) is 11.3 Å². The summed E-state index contributed by atoms with van der Waals surface area (Å²) in [4.78, 5) is 3.72. The van der Waals surface area contributed by atoms with Crippen LogP contribution in [0.3, 0.4) is 0 Å². The molecule has 0 aliphatic carbocycles. The Bertz CT molecular complexity index is 949. The molecule has 114 valence electrons. The number of hydrogen-bond acceptors (Lipinski definition) is 4. The minimum absolute atomic E-state index is 0.182. The molecule has 2 N–H and O–H groups in total. The summed E-state index contributed by atoms with van der Waals surface area (Å²) in [7, 11) is 1.67. The van der Waals surface area contributed by atoms with E-state index >= 15 is 0 Å².